The molecule has 0 atom stereocenters. The van der Waals surface area contributed by atoms with Gasteiger partial charge in [0, 0.05) is 12.1 Å². The second kappa shape index (κ2) is 8.23. The highest BCUT2D eigenvalue weighted by molar-refractivity contribution is 7.18. The first-order valence-corrected chi connectivity index (χ1v) is 9.87. The lowest BCUT2D eigenvalue weighted by Gasteiger charge is -2.07. The van der Waals surface area contributed by atoms with E-state index >= 15 is 0 Å². The molecule has 0 spiro atoms. The molecule has 0 saturated carbocycles. The topological polar surface area (TPSA) is 51.2 Å². The molecule has 4 rings (SSSR count). The Bertz CT molecular complexity index is 1050. The van der Waals surface area contributed by atoms with Gasteiger partial charge >= 0.3 is 0 Å². The summed E-state index contributed by atoms with van der Waals surface area (Å²) in [7, 11) is 1.63. The number of para-hydroxylation sites is 1. The van der Waals surface area contributed by atoms with Gasteiger partial charge in [-0.3, -0.25) is 4.79 Å². The molecule has 0 aliphatic carbocycles. The molecule has 5 heteroatoms. The fraction of sp³-hybridized carbons (Fsp3) is 0.130. The van der Waals surface area contributed by atoms with Crippen molar-refractivity contribution in [2.24, 2.45) is 0 Å². The zero-order valence-corrected chi connectivity index (χ0v) is 16.3. The van der Waals surface area contributed by atoms with Crippen LogP contribution < -0.4 is 10.1 Å². The van der Waals surface area contributed by atoms with Crippen molar-refractivity contribution in [3.05, 3.63) is 88.9 Å². The molecule has 0 saturated heterocycles. The van der Waals surface area contributed by atoms with Crippen molar-refractivity contribution in [1.82, 2.24) is 4.98 Å². The Balaban J connectivity index is 1.36. The second-order valence-corrected chi connectivity index (χ2v) is 7.64. The number of hydrogen-bond donors (Lipinski definition) is 1. The Kier molecular flexibility index (Phi) is 5.35. The summed E-state index contributed by atoms with van der Waals surface area (Å²) in [6.07, 6.45) is 1.12. The Morgan fingerprint density at radius 2 is 1.68 bits per heavy atom. The summed E-state index contributed by atoms with van der Waals surface area (Å²) in [6.45, 7) is 0. The van der Waals surface area contributed by atoms with Crippen molar-refractivity contribution in [3.63, 3.8) is 0 Å². The number of carbonyl (C=O) groups excluding carboxylic acids is 1. The number of hydrogen-bond acceptors (Lipinski definition) is 4. The van der Waals surface area contributed by atoms with Crippen molar-refractivity contribution in [2.75, 3.05) is 12.4 Å². The van der Waals surface area contributed by atoms with E-state index in [1.54, 1.807) is 18.4 Å². The number of thiazole rings is 1. The van der Waals surface area contributed by atoms with Crippen LogP contribution in [0, 0.1) is 0 Å². The number of benzene rings is 3. The van der Waals surface area contributed by atoms with Crippen LogP contribution >= 0.6 is 11.3 Å². The SMILES string of the molecule is COc1ccc(CC(=O)Nc2ccc(Cc3nc4ccccc4s3)cc2)cc1. The van der Waals surface area contributed by atoms with Crippen molar-refractivity contribution in [2.45, 2.75) is 12.8 Å². The molecule has 0 radical (unpaired) electrons. The van der Waals surface area contributed by atoms with E-state index in [2.05, 4.69) is 16.4 Å². The molecule has 0 unspecified atom stereocenters. The molecular formula is C23H20N2O2S. The van der Waals surface area contributed by atoms with Gasteiger partial charge in [-0.05, 0) is 47.5 Å². The van der Waals surface area contributed by atoms with Gasteiger partial charge in [-0.1, -0.05) is 36.4 Å². The lowest BCUT2D eigenvalue weighted by atomic mass is 10.1. The molecule has 0 bridgehead atoms. The minimum Gasteiger partial charge on any atom is -0.497 e. The Labute approximate surface area is 167 Å². The summed E-state index contributed by atoms with van der Waals surface area (Å²) in [6, 6.07) is 23.7. The van der Waals surface area contributed by atoms with Gasteiger partial charge in [0.1, 0.15) is 5.75 Å². The number of nitrogens with one attached hydrogen (secondary N) is 1. The van der Waals surface area contributed by atoms with E-state index in [-0.39, 0.29) is 5.91 Å². The van der Waals surface area contributed by atoms with Gasteiger partial charge in [0.2, 0.25) is 5.91 Å². The molecule has 1 N–H and O–H groups in total. The summed E-state index contributed by atoms with van der Waals surface area (Å²) in [5.41, 5.74) is 3.97. The number of anilines is 1. The molecular weight excluding hydrogens is 368 g/mol. The van der Waals surface area contributed by atoms with Crippen LogP contribution in [0.4, 0.5) is 5.69 Å². The zero-order chi connectivity index (χ0) is 19.3. The second-order valence-electron chi connectivity index (χ2n) is 6.52. The van der Waals surface area contributed by atoms with Gasteiger partial charge in [0.25, 0.3) is 0 Å². The number of aromatic nitrogens is 1. The Morgan fingerprint density at radius 1 is 0.964 bits per heavy atom. The average molecular weight is 388 g/mol. The predicted molar refractivity (Wildman–Crippen MR) is 114 cm³/mol. The maximum absolute atomic E-state index is 12.3. The van der Waals surface area contributed by atoms with Crippen LogP contribution in [0.15, 0.2) is 72.8 Å². The van der Waals surface area contributed by atoms with Gasteiger partial charge in [0.15, 0.2) is 0 Å². The molecule has 1 heterocycles. The largest absolute Gasteiger partial charge is 0.497 e. The van der Waals surface area contributed by atoms with Gasteiger partial charge < -0.3 is 10.1 Å². The molecule has 1 aromatic heterocycles. The van der Waals surface area contributed by atoms with E-state index in [0.717, 1.165) is 33.9 Å². The van der Waals surface area contributed by atoms with Gasteiger partial charge in [-0.25, -0.2) is 4.98 Å². The zero-order valence-electron chi connectivity index (χ0n) is 15.5. The lowest BCUT2D eigenvalue weighted by Crippen LogP contribution is -2.14. The van der Waals surface area contributed by atoms with Crippen molar-refractivity contribution in [3.8, 4) is 5.75 Å². The van der Waals surface area contributed by atoms with Crippen LogP contribution in [0.3, 0.4) is 0 Å². The summed E-state index contributed by atoms with van der Waals surface area (Å²) in [5.74, 6) is 0.747. The first-order valence-electron chi connectivity index (χ1n) is 9.06. The number of methoxy groups -OCH3 is 1. The summed E-state index contributed by atoms with van der Waals surface area (Å²) in [5, 5.41) is 4.04. The maximum Gasteiger partial charge on any atom is 0.228 e. The first-order chi connectivity index (χ1) is 13.7. The Hall–Kier alpha value is -3.18. The van der Waals surface area contributed by atoms with Crippen LogP contribution in [0.25, 0.3) is 10.2 Å². The monoisotopic (exact) mass is 388 g/mol. The molecule has 4 nitrogen and oxygen atoms in total. The van der Waals surface area contributed by atoms with Gasteiger partial charge in [-0.15, -0.1) is 11.3 Å². The van der Waals surface area contributed by atoms with Crippen molar-refractivity contribution in [1.29, 1.82) is 0 Å². The number of nitrogens with zero attached hydrogens (tertiary/aromatic N) is 1. The van der Waals surface area contributed by atoms with Crippen LogP contribution in [0.2, 0.25) is 0 Å². The summed E-state index contributed by atoms with van der Waals surface area (Å²) < 4.78 is 6.34. The minimum atomic E-state index is -0.0379. The number of rotatable bonds is 6. The van der Waals surface area contributed by atoms with E-state index in [9.17, 15) is 4.79 Å². The fourth-order valence-electron chi connectivity index (χ4n) is 3.01. The molecule has 1 amide bonds. The molecule has 4 aromatic rings. The number of carbonyl (C=O) groups is 1. The van der Waals surface area contributed by atoms with Crippen LogP contribution in [0.1, 0.15) is 16.1 Å². The number of fused-ring (bicyclic) bond motifs is 1. The van der Waals surface area contributed by atoms with Gasteiger partial charge in [-0.2, -0.15) is 0 Å². The Morgan fingerprint density at radius 3 is 2.39 bits per heavy atom. The normalized spacial score (nSPS) is 10.8. The van der Waals surface area contributed by atoms with E-state index in [0.29, 0.717) is 6.42 Å². The van der Waals surface area contributed by atoms with E-state index in [1.165, 1.54) is 10.3 Å². The van der Waals surface area contributed by atoms with E-state index in [4.69, 9.17) is 4.74 Å². The molecule has 0 fully saturated rings. The van der Waals surface area contributed by atoms with E-state index in [1.807, 2.05) is 66.7 Å². The van der Waals surface area contributed by atoms with E-state index < -0.39 is 0 Å². The van der Waals surface area contributed by atoms with Crippen LogP contribution in [0.5, 0.6) is 5.75 Å². The highest BCUT2D eigenvalue weighted by Gasteiger charge is 2.07. The van der Waals surface area contributed by atoms with Crippen LogP contribution in [-0.2, 0) is 17.6 Å². The third-order valence-corrected chi connectivity index (χ3v) is 5.49. The molecule has 140 valence electrons. The minimum absolute atomic E-state index is 0.0379. The van der Waals surface area contributed by atoms with Crippen molar-refractivity contribution >= 4 is 33.1 Å². The molecule has 3 aromatic carbocycles. The highest BCUT2D eigenvalue weighted by Crippen LogP contribution is 2.24. The summed E-state index contributed by atoms with van der Waals surface area (Å²) in [4.78, 5) is 16.9. The standard InChI is InChI=1S/C23H20N2O2S/c1-27-19-12-8-16(9-13-19)14-22(26)24-18-10-6-17(7-11-18)15-23-25-20-4-2-3-5-21(20)28-23/h2-13H,14-15H2,1H3,(H,24,26). The lowest BCUT2D eigenvalue weighted by molar-refractivity contribution is -0.115. The smallest absolute Gasteiger partial charge is 0.228 e. The maximum atomic E-state index is 12.3. The fourth-order valence-corrected chi connectivity index (χ4v) is 4.01. The number of amides is 1. The predicted octanol–water partition coefficient (Wildman–Crippen LogP) is 5.08. The highest BCUT2D eigenvalue weighted by atomic mass is 32.1. The molecule has 0 aliphatic rings. The third-order valence-electron chi connectivity index (χ3n) is 4.45. The summed E-state index contributed by atoms with van der Waals surface area (Å²) >= 11 is 1.72. The van der Waals surface area contributed by atoms with Gasteiger partial charge in [0.05, 0.1) is 28.8 Å². The van der Waals surface area contributed by atoms with Crippen LogP contribution in [-0.4, -0.2) is 18.0 Å². The third kappa shape index (κ3) is 4.38. The average Bonchev–Trinajstić information content (AvgIpc) is 3.12. The molecule has 28 heavy (non-hydrogen) atoms. The number of ether oxygens (including phenoxy) is 1. The molecule has 0 aliphatic heterocycles. The first kappa shape index (κ1) is 18.2. The van der Waals surface area contributed by atoms with Crippen molar-refractivity contribution < 1.29 is 9.53 Å². The quantitative estimate of drug-likeness (QED) is 0.501.